The van der Waals surface area contributed by atoms with Gasteiger partial charge in [-0.1, -0.05) is 6.07 Å². The molecule has 0 unspecified atom stereocenters. The van der Waals surface area contributed by atoms with Crippen LogP contribution in [-0.4, -0.2) is 34.2 Å². The van der Waals surface area contributed by atoms with Gasteiger partial charge in [-0.25, -0.2) is 9.38 Å². The van der Waals surface area contributed by atoms with Gasteiger partial charge in [0.15, 0.2) is 5.96 Å². The normalized spacial score (nSPS) is 10.8. The van der Waals surface area contributed by atoms with Crippen LogP contribution in [0.1, 0.15) is 23.6 Å². The van der Waals surface area contributed by atoms with Crippen LogP contribution in [0.3, 0.4) is 0 Å². The lowest BCUT2D eigenvalue weighted by Gasteiger charge is -2.21. The number of aromatic nitrogens is 2. The highest BCUT2D eigenvalue weighted by Gasteiger charge is 2.09. The summed E-state index contributed by atoms with van der Waals surface area (Å²) < 4.78 is 15.7. The molecule has 0 radical (unpaired) electrons. The van der Waals surface area contributed by atoms with Crippen molar-refractivity contribution < 1.29 is 4.39 Å². The van der Waals surface area contributed by atoms with Gasteiger partial charge in [-0.2, -0.15) is 10.4 Å². The van der Waals surface area contributed by atoms with E-state index in [4.69, 9.17) is 5.26 Å². The molecule has 8 heteroatoms. The van der Waals surface area contributed by atoms with Gasteiger partial charge < -0.3 is 10.2 Å². The first-order chi connectivity index (χ1) is 11.5. The van der Waals surface area contributed by atoms with Gasteiger partial charge in [0.05, 0.1) is 24.4 Å². The van der Waals surface area contributed by atoms with Crippen LogP contribution in [0.2, 0.25) is 0 Å². The van der Waals surface area contributed by atoms with Gasteiger partial charge in [-0.05, 0) is 19.1 Å². The largest absolute Gasteiger partial charge is 0.357 e. The van der Waals surface area contributed by atoms with Crippen molar-refractivity contribution in [3.05, 3.63) is 53.1 Å². The van der Waals surface area contributed by atoms with Crippen molar-refractivity contribution in [2.24, 2.45) is 12.0 Å². The molecule has 0 aliphatic heterocycles. The number of aryl methyl sites for hydroxylation is 1. The topological polar surface area (TPSA) is 69.2 Å². The summed E-state index contributed by atoms with van der Waals surface area (Å²) in [6, 6.07) is 6.35. The summed E-state index contributed by atoms with van der Waals surface area (Å²) in [5.74, 6) is 0.272. The van der Waals surface area contributed by atoms with Crippen molar-refractivity contribution in [2.75, 3.05) is 13.6 Å². The van der Waals surface area contributed by atoms with Gasteiger partial charge in [0.2, 0.25) is 0 Å². The van der Waals surface area contributed by atoms with Gasteiger partial charge in [-0.3, -0.25) is 4.68 Å². The van der Waals surface area contributed by atoms with E-state index < -0.39 is 5.82 Å². The minimum Gasteiger partial charge on any atom is -0.357 e. The zero-order valence-corrected chi connectivity index (χ0v) is 16.9. The molecule has 0 aliphatic carbocycles. The second kappa shape index (κ2) is 9.98. The Hall–Kier alpha value is -2.15. The summed E-state index contributed by atoms with van der Waals surface area (Å²) in [4.78, 5) is 6.44. The Morgan fingerprint density at radius 3 is 2.80 bits per heavy atom. The molecule has 1 aromatic heterocycles. The Bertz CT molecular complexity index is 765. The number of rotatable bonds is 5. The van der Waals surface area contributed by atoms with Crippen LogP contribution in [0.25, 0.3) is 0 Å². The van der Waals surface area contributed by atoms with Crippen molar-refractivity contribution in [3.8, 4) is 6.07 Å². The van der Waals surface area contributed by atoms with E-state index in [1.165, 1.54) is 6.07 Å². The Balaban J connectivity index is 0.00000312. The minimum absolute atomic E-state index is 0. The van der Waals surface area contributed by atoms with Crippen molar-refractivity contribution in [1.29, 1.82) is 5.26 Å². The van der Waals surface area contributed by atoms with Gasteiger partial charge in [0.1, 0.15) is 5.82 Å². The first-order valence-corrected chi connectivity index (χ1v) is 7.69. The molecule has 1 aromatic carbocycles. The second-order valence-corrected chi connectivity index (χ2v) is 5.47. The number of nitrogens with zero attached hydrogens (tertiary/aromatic N) is 5. The Kier molecular flexibility index (Phi) is 8.34. The fourth-order valence-electron chi connectivity index (χ4n) is 2.28. The number of benzene rings is 1. The summed E-state index contributed by atoms with van der Waals surface area (Å²) in [6.45, 7) is 3.55. The van der Waals surface area contributed by atoms with Crippen LogP contribution in [0.5, 0.6) is 0 Å². The first kappa shape index (κ1) is 20.9. The highest BCUT2D eigenvalue weighted by Crippen LogP contribution is 2.11. The number of aliphatic imine (C=N–C) groups is 1. The Labute approximate surface area is 164 Å². The molecule has 0 bridgehead atoms. The van der Waals surface area contributed by atoms with E-state index in [1.807, 2.05) is 38.2 Å². The van der Waals surface area contributed by atoms with Crippen molar-refractivity contribution in [3.63, 3.8) is 0 Å². The standard InChI is InChI=1S/C17H21FN6.HI/c1-4-20-17(23(2)11-14-9-22-24(3)12-14)21-10-15-6-5-13(8-19)7-16(15)18;/h5-7,9,12H,4,10-11H2,1-3H3,(H,20,21);1H. The van der Waals surface area contributed by atoms with E-state index in [0.29, 0.717) is 30.2 Å². The van der Waals surface area contributed by atoms with Crippen molar-refractivity contribution in [1.82, 2.24) is 20.0 Å². The number of halogens is 2. The van der Waals surface area contributed by atoms with E-state index in [1.54, 1.807) is 23.0 Å². The third-order valence-electron chi connectivity index (χ3n) is 3.46. The zero-order valence-electron chi connectivity index (χ0n) is 14.5. The molecule has 134 valence electrons. The maximum atomic E-state index is 14.0. The van der Waals surface area contributed by atoms with Crippen LogP contribution in [0, 0.1) is 17.1 Å². The molecule has 0 atom stereocenters. The van der Waals surface area contributed by atoms with Gasteiger partial charge in [0, 0.05) is 44.5 Å². The maximum Gasteiger partial charge on any atom is 0.194 e. The number of hydrogen-bond donors (Lipinski definition) is 1. The third-order valence-corrected chi connectivity index (χ3v) is 3.46. The first-order valence-electron chi connectivity index (χ1n) is 7.69. The van der Waals surface area contributed by atoms with E-state index in [-0.39, 0.29) is 30.5 Å². The molecule has 0 saturated carbocycles. The van der Waals surface area contributed by atoms with Crippen LogP contribution >= 0.6 is 24.0 Å². The number of hydrogen-bond acceptors (Lipinski definition) is 3. The van der Waals surface area contributed by atoms with E-state index >= 15 is 0 Å². The Morgan fingerprint density at radius 2 is 2.24 bits per heavy atom. The molecule has 25 heavy (non-hydrogen) atoms. The van der Waals surface area contributed by atoms with Gasteiger partial charge >= 0.3 is 0 Å². The van der Waals surface area contributed by atoms with E-state index in [9.17, 15) is 4.39 Å². The lowest BCUT2D eigenvalue weighted by atomic mass is 10.1. The second-order valence-electron chi connectivity index (χ2n) is 5.47. The minimum atomic E-state index is -0.413. The fourth-order valence-corrected chi connectivity index (χ4v) is 2.28. The number of nitrogens with one attached hydrogen (secondary N) is 1. The average Bonchev–Trinajstić information content (AvgIpc) is 2.97. The highest BCUT2D eigenvalue weighted by atomic mass is 127. The van der Waals surface area contributed by atoms with Crippen LogP contribution in [0.15, 0.2) is 35.6 Å². The molecular formula is C17H22FIN6. The molecular weight excluding hydrogens is 434 g/mol. The average molecular weight is 456 g/mol. The van der Waals surface area contributed by atoms with Crippen molar-refractivity contribution >= 4 is 29.9 Å². The molecule has 1 N–H and O–H groups in total. The lowest BCUT2D eigenvalue weighted by molar-refractivity contribution is 0.476. The quantitative estimate of drug-likeness (QED) is 0.427. The van der Waals surface area contributed by atoms with Crippen LogP contribution in [0.4, 0.5) is 4.39 Å². The summed E-state index contributed by atoms with van der Waals surface area (Å²) in [7, 11) is 3.79. The predicted molar refractivity (Wildman–Crippen MR) is 106 cm³/mol. The SMILES string of the molecule is CCNC(=NCc1ccc(C#N)cc1F)N(C)Cc1cnn(C)c1.I. The van der Waals surface area contributed by atoms with E-state index in [2.05, 4.69) is 15.4 Å². The molecule has 0 saturated heterocycles. The smallest absolute Gasteiger partial charge is 0.194 e. The molecule has 2 aromatic rings. The van der Waals surface area contributed by atoms with Gasteiger partial charge in [0.25, 0.3) is 0 Å². The summed E-state index contributed by atoms with van der Waals surface area (Å²) >= 11 is 0. The fraction of sp³-hybridized carbons (Fsp3) is 0.353. The van der Waals surface area contributed by atoms with Crippen LogP contribution < -0.4 is 5.32 Å². The number of guanidine groups is 1. The monoisotopic (exact) mass is 456 g/mol. The predicted octanol–water partition coefficient (Wildman–Crippen LogP) is 2.65. The zero-order chi connectivity index (χ0) is 17.5. The molecule has 0 spiro atoms. The third kappa shape index (κ3) is 6.01. The lowest BCUT2D eigenvalue weighted by Crippen LogP contribution is -2.38. The molecule has 2 rings (SSSR count). The van der Waals surface area contributed by atoms with Crippen LogP contribution in [-0.2, 0) is 20.1 Å². The maximum absolute atomic E-state index is 14.0. The molecule has 0 fully saturated rings. The summed E-state index contributed by atoms with van der Waals surface area (Å²) in [5, 5.41) is 16.1. The van der Waals surface area contributed by atoms with E-state index in [0.717, 1.165) is 5.56 Å². The summed E-state index contributed by atoms with van der Waals surface area (Å²) in [6.07, 6.45) is 3.75. The Morgan fingerprint density at radius 1 is 1.48 bits per heavy atom. The molecule has 0 aliphatic rings. The number of nitriles is 1. The highest BCUT2D eigenvalue weighted by molar-refractivity contribution is 14.0. The summed E-state index contributed by atoms with van der Waals surface area (Å²) in [5.41, 5.74) is 1.83. The molecule has 6 nitrogen and oxygen atoms in total. The van der Waals surface area contributed by atoms with Crippen molar-refractivity contribution in [2.45, 2.75) is 20.0 Å². The molecule has 0 amide bonds. The molecule has 1 heterocycles. The van der Waals surface area contributed by atoms with Gasteiger partial charge in [-0.15, -0.1) is 24.0 Å².